The molecule has 2 N–H and O–H groups in total. The first kappa shape index (κ1) is 12.3. The third kappa shape index (κ3) is 3.39. The van der Waals surface area contributed by atoms with Gasteiger partial charge >= 0.3 is 0 Å². The second-order valence-corrected chi connectivity index (χ2v) is 5.12. The number of anilines is 1. The summed E-state index contributed by atoms with van der Waals surface area (Å²) < 4.78 is 0.755. The number of hydrogen-bond donors (Lipinski definition) is 2. The molecule has 0 aromatic carbocycles. The first-order chi connectivity index (χ1) is 8.29. The van der Waals surface area contributed by atoms with Gasteiger partial charge in [0.25, 0.3) is 0 Å². The molecule has 2 heterocycles. The summed E-state index contributed by atoms with van der Waals surface area (Å²) in [6, 6.07) is 3.81. The SMILES string of the molecule is OCCCNc1ncc(-c2ccc(Cl)s2)cn1. The zero-order valence-corrected chi connectivity index (χ0v) is 10.6. The Morgan fingerprint density at radius 1 is 1.29 bits per heavy atom. The Balaban J connectivity index is 2.02. The van der Waals surface area contributed by atoms with Gasteiger partial charge in [0.15, 0.2) is 0 Å². The van der Waals surface area contributed by atoms with E-state index in [0.717, 1.165) is 14.8 Å². The van der Waals surface area contributed by atoms with Crippen molar-refractivity contribution in [3.63, 3.8) is 0 Å². The molecule has 0 radical (unpaired) electrons. The van der Waals surface area contributed by atoms with Crippen LogP contribution in [0.15, 0.2) is 24.5 Å². The van der Waals surface area contributed by atoms with Crippen LogP contribution in [0.25, 0.3) is 10.4 Å². The fourth-order valence-corrected chi connectivity index (χ4v) is 2.31. The van der Waals surface area contributed by atoms with Crippen LogP contribution < -0.4 is 5.32 Å². The van der Waals surface area contributed by atoms with E-state index in [9.17, 15) is 0 Å². The number of rotatable bonds is 5. The molecule has 2 rings (SSSR count). The van der Waals surface area contributed by atoms with Gasteiger partial charge in [-0.05, 0) is 18.6 Å². The maximum Gasteiger partial charge on any atom is 0.222 e. The first-order valence-corrected chi connectivity index (χ1v) is 6.41. The van der Waals surface area contributed by atoms with E-state index in [-0.39, 0.29) is 6.61 Å². The van der Waals surface area contributed by atoms with Gasteiger partial charge in [-0.1, -0.05) is 11.6 Å². The van der Waals surface area contributed by atoms with Crippen LogP contribution in [-0.2, 0) is 0 Å². The minimum Gasteiger partial charge on any atom is -0.396 e. The Morgan fingerprint density at radius 3 is 2.65 bits per heavy atom. The van der Waals surface area contributed by atoms with Crippen LogP contribution in [-0.4, -0.2) is 28.2 Å². The molecule has 6 heteroatoms. The average Bonchev–Trinajstić information content (AvgIpc) is 2.77. The molecule has 4 nitrogen and oxygen atoms in total. The third-order valence-corrected chi connectivity index (χ3v) is 3.41. The zero-order chi connectivity index (χ0) is 12.1. The minimum absolute atomic E-state index is 0.165. The molecule has 0 saturated carbocycles. The van der Waals surface area contributed by atoms with Crippen molar-refractivity contribution in [3.05, 3.63) is 28.9 Å². The number of thiophene rings is 1. The van der Waals surface area contributed by atoms with Gasteiger partial charge in [-0.25, -0.2) is 9.97 Å². The summed E-state index contributed by atoms with van der Waals surface area (Å²) in [4.78, 5) is 9.44. The fraction of sp³-hybridized carbons (Fsp3) is 0.273. The molecule has 0 bridgehead atoms. The lowest BCUT2D eigenvalue weighted by Crippen LogP contribution is -2.06. The highest BCUT2D eigenvalue weighted by Crippen LogP contribution is 2.30. The van der Waals surface area contributed by atoms with Gasteiger partial charge in [0.2, 0.25) is 5.95 Å². The van der Waals surface area contributed by atoms with E-state index in [1.54, 1.807) is 12.4 Å². The summed E-state index contributed by atoms with van der Waals surface area (Å²) in [5, 5.41) is 11.7. The molecule has 0 aliphatic heterocycles. The predicted octanol–water partition coefficient (Wildman–Crippen LogP) is 2.65. The van der Waals surface area contributed by atoms with Crippen molar-refractivity contribution in [2.45, 2.75) is 6.42 Å². The van der Waals surface area contributed by atoms with Crippen LogP contribution in [0.5, 0.6) is 0 Å². The topological polar surface area (TPSA) is 58.0 Å². The van der Waals surface area contributed by atoms with Crippen LogP contribution in [0.1, 0.15) is 6.42 Å². The molecule has 0 fully saturated rings. The summed E-state index contributed by atoms with van der Waals surface area (Å²) in [5.74, 6) is 0.574. The molecule has 90 valence electrons. The van der Waals surface area contributed by atoms with Crippen molar-refractivity contribution in [1.29, 1.82) is 0 Å². The van der Waals surface area contributed by atoms with Crippen LogP contribution in [0.3, 0.4) is 0 Å². The van der Waals surface area contributed by atoms with Gasteiger partial charge in [0, 0.05) is 36.0 Å². The molecule has 0 saturated heterocycles. The molecule has 2 aromatic rings. The molecule has 0 unspecified atom stereocenters. The molecule has 0 atom stereocenters. The van der Waals surface area contributed by atoms with E-state index in [1.807, 2.05) is 12.1 Å². The molecule has 0 aliphatic carbocycles. The lowest BCUT2D eigenvalue weighted by atomic mass is 10.3. The Morgan fingerprint density at radius 2 is 2.06 bits per heavy atom. The standard InChI is InChI=1S/C11H12ClN3OS/c12-10-3-2-9(17-10)8-6-14-11(15-7-8)13-4-1-5-16/h2-3,6-7,16H,1,4-5H2,(H,13,14,15). The van der Waals surface area contributed by atoms with Crippen molar-refractivity contribution in [2.24, 2.45) is 0 Å². The molecule has 2 aromatic heterocycles. The number of hydrogen-bond acceptors (Lipinski definition) is 5. The molecular formula is C11H12ClN3OS. The van der Waals surface area contributed by atoms with Crippen molar-refractivity contribution in [2.75, 3.05) is 18.5 Å². The number of aliphatic hydroxyl groups is 1. The monoisotopic (exact) mass is 269 g/mol. The lowest BCUT2D eigenvalue weighted by molar-refractivity contribution is 0.292. The number of nitrogens with zero attached hydrogens (tertiary/aromatic N) is 2. The van der Waals surface area contributed by atoms with Gasteiger partial charge < -0.3 is 10.4 Å². The molecule has 0 amide bonds. The van der Waals surface area contributed by atoms with E-state index < -0.39 is 0 Å². The average molecular weight is 270 g/mol. The first-order valence-electron chi connectivity index (χ1n) is 5.22. The normalized spacial score (nSPS) is 10.5. The van der Waals surface area contributed by atoms with Crippen LogP contribution in [0, 0.1) is 0 Å². The number of aromatic nitrogens is 2. The van der Waals surface area contributed by atoms with Gasteiger partial charge in [0.05, 0.1) is 4.34 Å². The Kier molecular flexibility index (Phi) is 4.30. The second-order valence-electron chi connectivity index (χ2n) is 3.40. The number of nitrogens with one attached hydrogen (secondary N) is 1. The van der Waals surface area contributed by atoms with E-state index in [0.29, 0.717) is 18.9 Å². The van der Waals surface area contributed by atoms with Gasteiger partial charge in [-0.2, -0.15) is 0 Å². The maximum absolute atomic E-state index is 8.65. The smallest absolute Gasteiger partial charge is 0.222 e. The van der Waals surface area contributed by atoms with E-state index in [1.165, 1.54) is 11.3 Å². The third-order valence-electron chi connectivity index (χ3n) is 2.13. The lowest BCUT2D eigenvalue weighted by Gasteiger charge is -2.03. The zero-order valence-electron chi connectivity index (χ0n) is 9.06. The van der Waals surface area contributed by atoms with Crippen LogP contribution in [0.4, 0.5) is 5.95 Å². The number of aliphatic hydroxyl groups excluding tert-OH is 1. The highest BCUT2D eigenvalue weighted by molar-refractivity contribution is 7.19. The Bertz CT molecular complexity index is 472. The molecule has 0 spiro atoms. The summed E-state index contributed by atoms with van der Waals surface area (Å²) in [7, 11) is 0. The fourth-order valence-electron chi connectivity index (χ4n) is 1.30. The minimum atomic E-state index is 0.165. The van der Waals surface area contributed by atoms with Crippen molar-refractivity contribution in [1.82, 2.24) is 9.97 Å². The Labute approximate surface area is 108 Å². The highest BCUT2D eigenvalue weighted by Gasteiger charge is 2.03. The summed E-state index contributed by atoms with van der Waals surface area (Å²) in [6.07, 6.45) is 4.21. The largest absolute Gasteiger partial charge is 0.396 e. The quantitative estimate of drug-likeness (QED) is 0.820. The summed E-state index contributed by atoms with van der Waals surface area (Å²) in [6.45, 7) is 0.833. The highest BCUT2D eigenvalue weighted by atomic mass is 35.5. The summed E-state index contributed by atoms with van der Waals surface area (Å²) >= 11 is 7.37. The van der Waals surface area contributed by atoms with E-state index in [4.69, 9.17) is 16.7 Å². The van der Waals surface area contributed by atoms with E-state index in [2.05, 4.69) is 15.3 Å². The number of halogens is 1. The van der Waals surface area contributed by atoms with E-state index >= 15 is 0 Å². The van der Waals surface area contributed by atoms with Crippen molar-refractivity contribution >= 4 is 28.9 Å². The van der Waals surface area contributed by atoms with Gasteiger partial charge in [-0.3, -0.25) is 0 Å². The molecular weight excluding hydrogens is 258 g/mol. The van der Waals surface area contributed by atoms with Crippen LogP contribution in [0.2, 0.25) is 4.34 Å². The predicted molar refractivity (Wildman–Crippen MR) is 70.5 cm³/mol. The molecule has 0 aliphatic rings. The second kappa shape index (κ2) is 5.95. The Hall–Kier alpha value is -1.17. The van der Waals surface area contributed by atoms with Gasteiger partial charge in [0.1, 0.15) is 0 Å². The maximum atomic E-state index is 8.65. The summed E-state index contributed by atoms with van der Waals surface area (Å²) in [5.41, 5.74) is 0.953. The molecule has 17 heavy (non-hydrogen) atoms. The van der Waals surface area contributed by atoms with Crippen molar-refractivity contribution < 1.29 is 5.11 Å². The van der Waals surface area contributed by atoms with Crippen molar-refractivity contribution in [3.8, 4) is 10.4 Å². The van der Waals surface area contributed by atoms with Crippen LogP contribution >= 0.6 is 22.9 Å². The van der Waals surface area contributed by atoms with Gasteiger partial charge in [-0.15, -0.1) is 11.3 Å².